The van der Waals surface area contributed by atoms with E-state index >= 15 is 0 Å². The van der Waals surface area contributed by atoms with Crippen molar-refractivity contribution in [2.24, 2.45) is 0 Å². The Hall–Kier alpha value is -1.14. The Morgan fingerprint density at radius 2 is 0.391 bits per heavy atom. The number of carbonyl (C=O) groups is 2. The number of hydrogen-bond donors (Lipinski definition) is 0. The molecule has 64 heavy (non-hydrogen) atoms. The molecule has 0 N–H and O–H groups in total. The van der Waals surface area contributed by atoms with Gasteiger partial charge in [0.05, 0.1) is 54.4 Å². The summed E-state index contributed by atoms with van der Waals surface area (Å²) in [7, 11) is 9.78. The summed E-state index contributed by atoms with van der Waals surface area (Å²) in [6.45, 7) is 14.7. The van der Waals surface area contributed by atoms with E-state index in [4.69, 9.17) is 0 Å². The van der Waals surface area contributed by atoms with Crippen LogP contribution in [0.3, 0.4) is 0 Å². The third-order valence-corrected chi connectivity index (χ3v) is 13.5. The molecule has 6 nitrogen and oxygen atoms in total. The fourth-order valence-electron chi connectivity index (χ4n) is 8.87. The topological polar surface area (TPSA) is 80.3 Å². The largest absolute Gasteiger partial charge is 0.550 e. The van der Waals surface area contributed by atoms with Crippen LogP contribution in [0.5, 0.6) is 0 Å². The van der Waals surface area contributed by atoms with Crippen molar-refractivity contribution < 1.29 is 28.8 Å². The van der Waals surface area contributed by atoms with E-state index in [0.717, 1.165) is 0 Å². The van der Waals surface area contributed by atoms with Crippen LogP contribution in [0.1, 0.15) is 310 Å². The van der Waals surface area contributed by atoms with Crippen molar-refractivity contribution in [3.05, 3.63) is 0 Å². The second-order valence-electron chi connectivity index (χ2n) is 21.4. The number of aliphatic carboxylic acids is 2. The highest BCUT2D eigenvalue weighted by Gasteiger charge is 2.14. The van der Waals surface area contributed by atoms with Gasteiger partial charge in [0.15, 0.2) is 0 Å². The predicted molar refractivity (Wildman–Crippen MR) is 280 cm³/mol. The van der Waals surface area contributed by atoms with Gasteiger partial charge < -0.3 is 28.8 Å². The van der Waals surface area contributed by atoms with E-state index in [1.165, 1.54) is 292 Å². The quantitative estimate of drug-likeness (QED) is 0.0450. The van der Waals surface area contributed by atoms with Gasteiger partial charge in [0.1, 0.15) is 0 Å². The van der Waals surface area contributed by atoms with Crippen molar-refractivity contribution >= 4 is 11.9 Å². The first-order chi connectivity index (χ1) is 30.9. The maximum Gasteiger partial charge on any atom is 0.0782 e. The van der Waals surface area contributed by atoms with Gasteiger partial charge >= 0.3 is 0 Å². The molecule has 0 atom stereocenters. The molecule has 0 saturated carbocycles. The molecule has 0 aromatic heterocycles. The molecule has 6 heteroatoms. The Labute approximate surface area is 403 Å². The van der Waals surface area contributed by atoms with Crippen molar-refractivity contribution in [2.75, 3.05) is 54.4 Å². The highest BCUT2D eigenvalue weighted by atomic mass is 16.4. The average molecular weight is 910 g/mol. The highest BCUT2D eigenvalue weighted by molar-refractivity contribution is 5.65. The van der Waals surface area contributed by atoms with Crippen LogP contribution in [0, 0.1) is 0 Å². The van der Waals surface area contributed by atoms with Crippen LogP contribution in [-0.4, -0.2) is 75.3 Å². The molecular formula is C58H120N2O4. The summed E-state index contributed by atoms with van der Waals surface area (Å²) in [6.07, 6.45) is 58.5. The molecule has 0 saturated heterocycles. The molecule has 0 aliphatic rings. The first kappa shape index (κ1) is 67.1. The summed E-state index contributed by atoms with van der Waals surface area (Å²) in [6, 6.07) is 0. The number of hydrogen-bond acceptors (Lipinski definition) is 4. The molecule has 0 unspecified atom stereocenters. The zero-order valence-corrected chi connectivity index (χ0v) is 45.5. The lowest BCUT2D eigenvalue weighted by Crippen LogP contribution is -2.41. The highest BCUT2D eigenvalue weighted by Crippen LogP contribution is 2.16. The summed E-state index contributed by atoms with van der Waals surface area (Å²) in [5.74, 6) is -2.28. The predicted octanol–water partition coefficient (Wildman–Crippen LogP) is 15.9. The molecule has 0 aliphatic carbocycles. The van der Waals surface area contributed by atoms with Gasteiger partial charge in [0.2, 0.25) is 0 Å². The van der Waals surface area contributed by atoms with Crippen molar-refractivity contribution in [1.29, 1.82) is 0 Å². The van der Waals surface area contributed by atoms with Crippen LogP contribution in [0.4, 0.5) is 0 Å². The van der Waals surface area contributed by atoms with Crippen molar-refractivity contribution in [3.8, 4) is 0 Å². The van der Waals surface area contributed by atoms with Crippen molar-refractivity contribution in [1.82, 2.24) is 0 Å². The fourth-order valence-corrected chi connectivity index (χ4v) is 8.87. The maximum atomic E-state index is 9.77. The third-order valence-electron chi connectivity index (χ3n) is 13.5. The molecule has 0 aliphatic heterocycles. The van der Waals surface area contributed by atoms with Gasteiger partial charge in [-0.2, -0.15) is 0 Å². The van der Waals surface area contributed by atoms with Gasteiger partial charge in [0, 0.05) is 11.9 Å². The monoisotopic (exact) mass is 909 g/mol. The summed E-state index contributed by atoms with van der Waals surface area (Å²) in [5.41, 5.74) is 0. The molecule has 0 heterocycles. The van der Waals surface area contributed by atoms with E-state index in [2.05, 4.69) is 55.9 Å². The van der Waals surface area contributed by atoms with Crippen LogP contribution >= 0.6 is 0 Å². The molecular weight excluding hydrogens is 789 g/mol. The minimum atomic E-state index is -1.14. The lowest BCUT2D eigenvalue weighted by Gasteiger charge is -2.30. The number of carboxylic acids is 2. The van der Waals surface area contributed by atoms with E-state index < -0.39 is 11.9 Å². The first-order valence-electron chi connectivity index (χ1n) is 28.9. The Balaban J connectivity index is -0.000000959. The Bertz CT molecular complexity index is 783. The third kappa shape index (κ3) is 65.1. The lowest BCUT2D eigenvalue weighted by atomic mass is 10.1. The smallest absolute Gasteiger partial charge is 0.0782 e. The molecule has 0 aromatic rings. The van der Waals surface area contributed by atoms with Crippen LogP contribution in [0.2, 0.25) is 0 Å². The molecule has 386 valence electrons. The van der Waals surface area contributed by atoms with E-state index in [9.17, 15) is 19.8 Å². The van der Waals surface area contributed by atoms with Gasteiger partial charge in [-0.15, -0.1) is 0 Å². The van der Waals surface area contributed by atoms with Crippen LogP contribution in [0.15, 0.2) is 0 Å². The standard InChI is InChI=1S/2C26H56N.C6H10O4/c2*1-5-7-9-11-13-15-17-19-21-23-25-27(3,4)26-24-22-20-18-16-14-12-10-8-6-2;7-5(8)3-1-2-4-6(9)10/h2*5-26H2,1-4H3;1-4H2,(H,7,8)(H,9,10)/q2*+1;/p-2. The number of nitrogens with zero attached hydrogens (tertiary/aromatic N) is 2. The molecule has 0 radical (unpaired) electrons. The normalized spacial score (nSPS) is 11.6. The maximum absolute atomic E-state index is 9.77. The number of quaternary nitrogens is 2. The van der Waals surface area contributed by atoms with Crippen LogP contribution in [0.25, 0.3) is 0 Å². The van der Waals surface area contributed by atoms with Crippen LogP contribution in [-0.2, 0) is 9.59 Å². The number of carbonyl (C=O) groups excluding carboxylic acids is 2. The second-order valence-corrected chi connectivity index (χ2v) is 21.4. The zero-order chi connectivity index (χ0) is 48.1. The molecule has 0 spiro atoms. The SMILES string of the molecule is CCCCCCCCCCCC[N+](C)(C)CCCCCCCCCCCC.CCCCCCCCCCCC[N+](C)(C)CCCCCCCCCCCC.O=C([O-])CCCCC(=O)[O-]. The summed E-state index contributed by atoms with van der Waals surface area (Å²) >= 11 is 0. The van der Waals surface area contributed by atoms with Gasteiger partial charge in [-0.3, -0.25) is 0 Å². The molecule has 0 bridgehead atoms. The minimum absolute atomic E-state index is 0.0761. The van der Waals surface area contributed by atoms with Crippen molar-refractivity contribution in [2.45, 2.75) is 310 Å². The molecule has 0 fully saturated rings. The van der Waals surface area contributed by atoms with Crippen LogP contribution < -0.4 is 10.2 Å². The fraction of sp³-hybridized carbons (Fsp3) is 0.966. The Morgan fingerprint density at radius 1 is 0.250 bits per heavy atom. The molecule has 0 aromatic carbocycles. The van der Waals surface area contributed by atoms with Gasteiger partial charge in [-0.25, -0.2) is 0 Å². The number of carboxylic acid groups (broad SMARTS) is 2. The number of rotatable bonds is 49. The Kier molecular flexibility index (Phi) is 57.1. The molecule has 0 rings (SSSR count). The Morgan fingerprint density at radius 3 is 0.531 bits per heavy atom. The minimum Gasteiger partial charge on any atom is -0.550 e. The summed E-state index contributed by atoms with van der Waals surface area (Å²) in [4.78, 5) is 19.5. The van der Waals surface area contributed by atoms with Gasteiger partial charge in [-0.05, 0) is 77.0 Å². The zero-order valence-electron chi connectivity index (χ0n) is 45.5. The van der Waals surface area contributed by atoms with E-state index in [1.54, 1.807) is 0 Å². The first-order valence-corrected chi connectivity index (χ1v) is 28.9. The van der Waals surface area contributed by atoms with E-state index in [-0.39, 0.29) is 12.8 Å². The van der Waals surface area contributed by atoms with E-state index in [1.807, 2.05) is 0 Å². The van der Waals surface area contributed by atoms with E-state index in [0.29, 0.717) is 12.8 Å². The van der Waals surface area contributed by atoms with Gasteiger partial charge in [-0.1, -0.05) is 233 Å². The number of unbranched alkanes of at least 4 members (excludes halogenated alkanes) is 37. The summed E-state index contributed by atoms with van der Waals surface area (Å²) in [5, 5.41) is 19.5. The molecule has 0 amide bonds. The average Bonchev–Trinajstić information content (AvgIpc) is 3.25. The van der Waals surface area contributed by atoms with Crippen molar-refractivity contribution in [3.63, 3.8) is 0 Å². The second kappa shape index (κ2) is 54.5. The lowest BCUT2D eigenvalue weighted by molar-refractivity contribution is -0.890. The summed E-state index contributed by atoms with van der Waals surface area (Å²) < 4.78 is 2.49. The van der Waals surface area contributed by atoms with Gasteiger partial charge in [0.25, 0.3) is 0 Å².